The van der Waals surface area contributed by atoms with E-state index in [2.05, 4.69) is 20.9 Å². The van der Waals surface area contributed by atoms with Gasteiger partial charge in [-0.2, -0.15) is 0 Å². The van der Waals surface area contributed by atoms with Gasteiger partial charge in [-0.05, 0) is 47.9 Å². The highest BCUT2D eigenvalue weighted by Crippen LogP contribution is 2.35. The lowest BCUT2D eigenvalue weighted by Crippen LogP contribution is -2.01. The number of benzene rings is 2. The zero-order valence-electron chi connectivity index (χ0n) is 12.8. The number of carboxylic acids is 1. The molecule has 4 nitrogen and oxygen atoms in total. The highest BCUT2D eigenvalue weighted by atomic mass is 79.9. The number of halogens is 1. The van der Waals surface area contributed by atoms with Crippen molar-refractivity contribution in [1.29, 1.82) is 0 Å². The number of rotatable bonds is 4. The molecule has 0 amide bonds. The fraction of sp³-hybridized carbons (Fsp3) is 0.167. The van der Waals surface area contributed by atoms with Crippen LogP contribution in [0.25, 0.3) is 22.2 Å². The van der Waals surface area contributed by atoms with Gasteiger partial charge < -0.3 is 14.8 Å². The molecule has 1 heterocycles. The van der Waals surface area contributed by atoms with Gasteiger partial charge in [0.15, 0.2) is 0 Å². The molecule has 2 N–H and O–H groups in total. The van der Waals surface area contributed by atoms with Crippen molar-refractivity contribution in [1.82, 2.24) is 4.98 Å². The van der Waals surface area contributed by atoms with Crippen LogP contribution in [0.15, 0.2) is 40.9 Å². The van der Waals surface area contributed by atoms with Gasteiger partial charge in [0, 0.05) is 15.4 Å². The highest BCUT2D eigenvalue weighted by Gasteiger charge is 2.18. The zero-order valence-corrected chi connectivity index (χ0v) is 14.4. The number of aromatic amines is 1. The van der Waals surface area contributed by atoms with Gasteiger partial charge in [-0.25, -0.2) is 0 Å². The van der Waals surface area contributed by atoms with E-state index in [-0.39, 0.29) is 6.42 Å². The number of aryl methyl sites for hydroxylation is 1. The Kier molecular flexibility index (Phi) is 4.13. The number of nitrogens with one attached hydrogen (secondary N) is 1. The van der Waals surface area contributed by atoms with Crippen LogP contribution in [0.4, 0.5) is 0 Å². The number of hydrogen-bond donors (Lipinski definition) is 2. The molecular weight excluding hydrogens is 358 g/mol. The molecule has 0 bridgehead atoms. The van der Waals surface area contributed by atoms with E-state index in [0.717, 1.165) is 43.5 Å². The number of carbonyl (C=O) groups is 1. The Morgan fingerprint density at radius 1 is 1.30 bits per heavy atom. The SMILES string of the molecule is COc1cc(C)c2[nH]c(-c3cccc(Br)c3)c(CC(=O)O)c2c1. The number of fused-ring (bicyclic) bond motifs is 1. The monoisotopic (exact) mass is 373 g/mol. The van der Waals surface area contributed by atoms with Crippen molar-refractivity contribution < 1.29 is 14.6 Å². The van der Waals surface area contributed by atoms with Crippen molar-refractivity contribution >= 4 is 32.8 Å². The molecule has 5 heteroatoms. The summed E-state index contributed by atoms with van der Waals surface area (Å²) >= 11 is 3.47. The van der Waals surface area contributed by atoms with E-state index in [1.807, 2.05) is 43.3 Å². The summed E-state index contributed by atoms with van der Waals surface area (Å²) in [6.07, 6.45) is -0.0472. The van der Waals surface area contributed by atoms with Gasteiger partial charge in [-0.3, -0.25) is 4.79 Å². The van der Waals surface area contributed by atoms with E-state index in [1.54, 1.807) is 7.11 Å². The Labute approximate surface area is 142 Å². The molecule has 3 aromatic rings. The zero-order chi connectivity index (χ0) is 16.6. The van der Waals surface area contributed by atoms with E-state index in [1.165, 1.54) is 0 Å². The molecule has 0 unspecified atom stereocenters. The summed E-state index contributed by atoms with van der Waals surface area (Å²) in [7, 11) is 1.61. The molecule has 0 aliphatic rings. The summed E-state index contributed by atoms with van der Waals surface area (Å²) in [6, 6.07) is 11.6. The number of aromatic nitrogens is 1. The van der Waals surface area contributed by atoms with Crippen LogP contribution >= 0.6 is 15.9 Å². The predicted molar refractivity (Wildman–Crippen MR) is 94.1 cm³/mol. The lowest BCUT2D eigenvalue weighted by atomic mass is 10.0. The van der Waals surface area contributed by atoms with Crippen LogP contribution in [-0.2, 0) is 11.2 Å². The number of hydrogen-bond acceptors (Lipinski definition) is 2. The molecular formula is C18H16BrNO3. The lowest BCUT2D eigenvalue weighted by molar-refractivity contribution is -0.136. The standard InChI is InChI=1S/C18H16BrNO3/c1-10-6-13(23-2)8-14-15(9-16(21)22)18(20-17(10)14)11-4-3-5-12(19)7-11/h3-8,20H,9H2,1-2H3,(H,21,22). The third-order valence-corrected chi connectivity index (χ3v) is 4.36. The van der Waals surface area contributed by atoms with Crippen molar-refractivity contribution in [3.8, 4) is 17.0 Å². The van der Waals surface area contributed by atoms with Crippen LogP contribution < -0.4 is 4.74 Å². The number of aliphatic carboxylic acids is 1. The second-order valence-corrected chi connectivity index (χ2v) is 6.34. The molecule has 3 rings (SSSR count). The molecule has 118 valence electrons. The van der Waals surface area contributed by atoms with Gasteiger partial charge in [0.05, 0.1) is 19.2 Å². The number of H-pyrrole nitrogens is 1. The average Bonchev–Trinajstić information content (AvgIpc) is 2.86. The van der Waals surface area contributed by atoms with Gasteiger partial charge in [0.1, 0.15) is 5.75 Å². The van der Waals surface area contributed by atoms with Gasteiger partial charge in [-0.15, -0.1) is 0 Å². The molecule has 0 aliphatic heterocycles. The highest BCUT2D eigenvalue weighted by molar-refractivity contribution is 9.10. The first kappa shape index (κ1) is 15.6. The minimum absolute atomic E-state index is 0.0472. The molecule has 0 radical (unpaired) electrons. The summed E-state index contributed by atoms with van der Waals surface area (Å²) in [5.41, 5.74) is 4.52. The quantitative estimate of drug-likeness (QED) is 0.705. The molecule has 0 fully saturated rings. The first-order chi connectivity index (χ1) is 11.0. The van der Waals surface area contributed by atoms with Crippen molar-refractivity contribution in [3.63, 3.8) is 0 Å². The molecule has 0 spiro atoms. The smallest absolute Gasteiger partial charge is 0.307 e. The molecule has 0 aliphatic carbocycles. The van der Waals surface area contributed by atoms with Gasteiger partial charge >= 0.3 is 5.97 Å². The molecule has 0 saturated carbocycles. The Bertz CT molecular complexity index is 899. The molecule has 0 atom stereocenters. The summed E-state index contributed by atoms with van der Waals surface area (Å²) in [6.45, 7) is 1.98. The Morgan fingerprint density at radius 3 is 2.74 bits per heavy atom. The fourth-order valence-electron chi connectivity index (χ4n) is 2.84. The Morgan fingerprint density at radius 2 is 2.09 bits per heavy atom. The van der Waals surface area contributed by atoms with Crippen LogP contribution in [0.2, 0.25) is 0 Å². The van der Waals surface area contributed by atoms with E-state index in [4.69, 9.17) is 4.74 Å². The summed E-state index contributed by atoms with van der Waals surface area (Å²) in [5, 5.41) is 10.2. The molecule has 1 aromatic heterocycles. The van der Waals surface area contributed by atoms with Crippen molar-refractivity contribution in [3.05, 3.63) is 52.0 Å². The third-order valence-electron chi connectivity index (χ3n) is 3.86. The minimum Gasteiger partial charge on any atom is -0.497 e. The number of carboxylic acid groups (broad SMARTS) is 1. The summed E-state index contributed by atoms with van der Waals surface area (Å²) < 4.78 is 6.28. The van der Waals surface area contributed by atoms with Crippen molar-refractivity contribution in [2.75, 3.05) is 7.11 Å². The normalized spacial score (nSPS) is 10.9. The summed E-state index contributed by atoms with van der Waals surface area (Å²) in [4.78, 5) is 14.7. The van der Waals surface area contributed by atoms with Crippen LogP contribution in [0, 0.1) is 6.92 Å². The molecule has 0 saturated heterocycles. The molecule has 23 heavy (non-hydrogen) atoms. The summed E-state index contributed by atoms with van der Waals surface area (Å²) in [5.74, 6) is -0.135. The third kappa shape index (κ3) is 2.97. The van der Waals surface area contributed by atoms with Crippen LogP contribution in [0.1, 0.15) is 11.1 Å². The second kappa shape index (κ2) is 6.08. The van der Waals surface area contributed by atoms with E-state index < -0.39 is 5.97 Å². The average molecular weight is 374 g/mol. The maximum Gasteiger partial charge on any atom is 0.307 e. The van der Waals surface area contributed by atoms with Crippen molar-refractivity contribution in [2.45, 2.75) is 13.3 Å². The Hall–Kier alpha value is -2.27. The Balaban J connectivity index is 2.32. The van der Waals surface area contributed by atoms with Gasteiger partial charge in [0.25, 0.3) is 0 Å². The number of ether oxygens (including phenoxy) is 1. The first-order valence-electron chi connectivity index (χ1n) is 7.16. The fourth-order valence-corrected chi connectivity index (χ4v) is 3.24. The molecule has 2 aromatic carbocycles. The lowest BCUT2D eigenvalue weighted by Gasteiger charge is -2.05. The van der Waals surface area contributed by atoms with Crippen LogP contribution in [0.5, 0.6) is 5.75 Å². The van der Waals surface area contributed by atoms with E-state index in [0.29, 0.717) is 0 Å². The maximum atomic E-state index is 11.3. The minimum atomic E-state index is -0.859. The second-order valence-electron chi connectivity index (χ2n) is 5.43. The first-order valence-corrected chi connectivity index (χ1v) is 7.96. The topological polar surface area (TPSA) is 62.3 Å². The van der Waals surface area contributed by atoms with Gasteiger partial charge in [0.2, 0.25) is 0 Å². The van der Waals surface area contributed by atoms with E-state index in [9.17, 15) is 9.90 Å². The van der Waals surface area contributed by atoms with Crippen LogP contribution in [0.3, 0.4) is 0 Å². The largest absolute Gasteiger partial charge is 0.497 e. The predicted octanol–water partition coefficient (Wildman–Crippen LogP) is 4.54. The van der Waals surface area contributed by atoms with Gasteiger partial charge in [-0.1, -0.05) is 28.1 Å². The number of methoxy groups -OCH3 is 1. The van der Waals surface area contributed by atoms with Crippen molar-refractivity contribution in [2.24, 2.45) is 0 Å². The van der Waals surface area contributed by atoms with Crippen LogP contribution in [-0.4, -0.2) is 23.2 Å². The van der Waals surface area contributed by atoms with E-state index >= 15 is 0 Å². The maximum absolute atomic E-state index is 11.3.